The summed E-state index contributed by atoms with van der Waals surface area (Å²) in [7, 11) is 0. The first-order valence-electron chi connectivity index (χ1n) is 4.90. The van der Waals surface area contributed by atoms with Gasteiger partial charge in [0.2, 0.25) is 0 Å². The molecule has 0 spiro atoms. The van der Waals surface area contributed by atoms with Gasteiger partial charge in [-0.05, 0) is 25.8 Å². The Hall–Kier alpha value is -1.37. The fraction of sp³-hybridized carbons (Fsp3) is 0.308. The van der Waals surface area contributed by atoms with E-state index in [0.717, 1.165) is 12.7 Å². The Morgan fingerprint density at radius 1 is 1.43 bits per heavy atom. The van der Waals surface area contributed by atoms with Gasteiger partial charge >= 0.3 is 0 Å². The Bertz CT molecular complexity index is 337. The molecule has 74 valence electrons. The summed E-state index contributed by atoms with van der Waals surface area (Å²) < 4.78 is 0. The molecule has 0 amide bonds. The van der Waals surface area contributed by atoms with Gasteiger partial charge in [0.25, 0.3) is 0 Å². The van der Waals surface area contributed by atoms with Crippen molar-refractivity contribution < 1.29 is 4.79 Å². The van der Waals surface area contributed by atoms with E-state index in [-0.39, 0.29) is 0 Å². The summed E-state index contributed by atoms with van der Waals surface area (Å²) >= 11 is 0. The van der Waals surface area contributed by atoms with Gasteiger partial charge in [-0.1, -0.05) is 41.5 Å². The minimum atomic E-state index is 0.619. The van der Waals surface area contributed by atoms with Crippen molar-refractivity contribution >= 4 is 12.4 Å². The first-order chi connectivity index (χ1) is 6.72. The van der Waals surface area contributed by atoms with Crippen molar-refractivity contribution in [3.63, 3.8) is 0 Å². The predicted octanol–water partition coefficient (Wildman–Crippen LogP) is 3.38. The van der Waals surface area contributed by atoms with E-state index >= 15 is 0 Å². The van der Waals surface area contributed by atoms with Crippen LogP contribution in [-0.2, 0) is 4.79 Å². The highest BCUT2D eigenvalue weighted by atomic mass is 16.1. The van der Waals surface area contributed by atoms with Crippen LogP contribution in [0.25, 0.3) is 6.08 Å². The fourth-order valence-corrected chi connectivity index (χ4v) is 1.40. The molecule has 1 aromatic carbocycles. The van der Waals surface area contributed by atoms with Crippen LogP contribution in [0.3, 0.4) is 0 Å². The zero-order valence-electron chi connectivity index (χ0n) is 8.79. The molecule has 14 heavy (non-hydrogen) atoms. The molecule has 0 saturated heterocycles. The van der Waals surface area contributed by atoms with E-state index in [1.54, 1.807) is 0 Å². The number of carbonyl (C=O) groups is 1. The van der Waals surface area contributed by atoms with Crippen molar-refractivity contribution in [2.24, 2.45) is 0 Å². The van der Waals surface area contributed by atoms with Crippen LogP contribution in [0, 0.1) is 6.92 Å². The highest BCUT2D eigenvalue weighted by Gasteiger charge is 1.92. The highest BCUT2D eigenvalue weighted by molar-refractivity contribution is 5.55. The summed E-state index contributed by atoms with van der Waals surface area (Å²) in [4.78, 5) is 10.2. The van der Waals surface area contributed by atoms with Crippen LogP contribution in [0.2, 0.25) is 0 Å². The summed E-state index contributed by atoms with van der Waals surface area (Å²) in [5.41, 5.74) is 3.73. The molecule has 1 rings (SSSR count). The lowest BCUT2D eigenvalue weighted by atomic mass is 10.1. The molecule has 0 saturated carbocycles. The lowest BCUT2D eigenvalue weighted by molar-refractivity contribution is -0.107. The van der Waals surface area contributed by atoms with E-state index in [1.165, 1.54) is 16.7 Å². The summed E-state index contributed by atoms with van der Waals surface area (Å²) in [6, 6.07) is 8.36. The lowest BCUT2D eigenvalue weighted by Gasteiger charge is -1.99. The van der Waals surface area contributed by atoms with Crippen molar-refractivity contribution in [1.29, 1.82) is 0 Å². The SMILES string of the molecule is C/C(=C/c1cccc(C)c1)CCC=O. The molecule has 1 nitrogen and oxygen atoms in total. The van der Waals surface area contributed by atoms with E-state index in [0.29, 0.717) is 6.42 Å². The normalized spacial score (nSPS) is 11.4. The van der Waals surface area contributed by atoms with Gasteiger partial charge in [0.1, 0.15) is 6.29 Å². The second kappa shape index (κ2) is 5.38. The van der Waals surface area contributed by atoms with Crippen LogP contribution in [-0.4, -0.2) is 6.29 Å². The first-order valence-corrected chi connectivity index (χ1v) is 4.90. The van der Waals surface area contributed by atoms with Gasteiger partial charge in [-0.3, -0.25) is 0 Å². The second-order valence-electron chi connectivity index (χ2n) is 3.61. The Balaban J connectivity index is 2.70. The average molecular weight is 188 g/mol. The summed E-state index contributed by atoms with van der Waals surface area (Å²) in [6.45, 7) is 4.14. The molecule has 0 aliphatic rings. The van der Waals surface area contributed by atoms with Crippen molar-refractivity contribution in [2.45, 2.75) is 26.7 Å². The van der Waals surface area contributed by atoms with Gasteiger partial charge in [0.15, 0.2) is 0 Å². The highest BCUT2D eigenvalue weighted by Crippen LogP contribution is 2.11. The van der Waals surface area contributed by atoms with Gasteiger partial charge in [-0.2, -0.15) is 0 Å². The Kier molecular flexibility index (Phi) is 4.11. The van der Waals surface area contributed by atoms with Crippen molar-refractivity contribution in [3.05, 3.63) is 41.0 Å². The maximum absolute atomic E-state index is 10.2. The van der Waals surface area contributed by atoms with E-state index < -0.39 is 0 Å². The molecule has 0 aliphatic carbocycles. The molecule has 1 aromatic rings. The molecule has 0 N–H and O–H groups in total. The standard InChI is InChI=1S/C13H16O/c1-11-5-3-7-13(9-11)10-12(2)6-4-8-14/h3,5,7-10H,4,6H2,1-2H3/b12-10-. The van der Waals surface area contributed by atoms with Crippen molar-refractivity contribution in [3.8, 4) is 0 Å². The number of benzene rings is 1. The minimum Gasteiger partial charge on any atom is -0.303 e. The summed E-state index contributed by atoms with van der Waals surface area (Å²) in [5, 5.41) is 0. The van der Waals surface area contributed by atoms with Gasteiger partial charge in [0.05, 0.1) is 0 Å². The maximum Gasteiger partial charge on any atom is 0.120 e. The van der Waals surface area contributed by atoms with Crippen LogP contribution in [0.1, 0.15) is 30.9 Å². The number of allylic oxidation sites excluding steroid dienone is 1. The fourth-order valence-electron chi connectivity index (χ4n) is 1.40. The van der Waals surface area contributed by atoms with Gasteiger partial charge < -0.3 is 4.79 Å². The Morgan fingerprint density at radius 3 is 2.86 bits per heavy atom. The predicted molar refractivity (Wildman–Crippen MR) is 60.1 cm³/mol. The monoisotopic (exact) mass is 188 g/mol. The van der Waals surface area contributed by atoms with Crippen LogP contribution in [0.5, 0.6) is 0 Å². The Morgan fingerprint density at radius 2 is 2.21 bits per heavy atom. The number of carbonyl (C=O) groups excluding carboxylic acids is 1. The van der Waals surface area contributed by atoms with Crippen LogP contribution in [0.15, 0.2) is 29.8 Å². The van der Waals surface area contributed by atoms with Crippen LogP contribution >= 0.6 is 0 Å². The number of hydrogen-bond donors (Lipinski definition) is 0. The van der Waals surface area contributed by atoms with E-state index in [4.69, 9.17) is 0 Å². The zero-order chi connectivity index (χ0) is 10.4. The smallest absolute Gasteiger partial charge is 0.120 e. The lowest BCUT2D eigenvalue weighted by Crippen LogP contribution is -1.81. The number of rotatable bonds is 4. The van der Waals surface area contributed by atoms with Gasteiger partial charge in [0, 0.05) is 6.42 Å². The molecular formula is C13H16O. The van der Waals surface area contributed by atoms with Crippen LogP contribution < -0.4 is 0 Å². The molecule has 1 heteroatoms. The molecule has 0 unspecified atom stereocenters. The molecule has 0 aliphatic heterocycles. The topological polar surface area (TPSA) is 17.1 Å². The third kappa shape index (κ3) is 3.56. The molecule has 0 atom stereocenters. The molecule has 0 heterocycles. The van der Waals surface area contributed by atoms with Gasteiger partial charge in [-0.15, -0.1) is 0 Å². The van der Waals surface area contributed by atoms with E-state index in [1.807, 2.05) is 6.07 Å². The largest absolute Gasteiger partial charge is 0.303 e. The number of hydrogen-bond acceptors (Lipinski definition) is 1. The Labute approximate surface area is 85.5 Å². The van der Waals surface area contributed by atoms with Crippen LogP contribution in [0.4, 0.5) is 0 Å². The molecule has 0 fully saturated rings. The van der Waals surface area contributed by atoms with Crippen molar-refractivity contribution in [2.75, 3.05) is 0 Å². The maximum atomic E-state index is 10.2. The van der Waals surface area contributed by atoms with E-state index in [2.05, 4.69) is 38.1 Å². The third-order valence-corrected chi connectivity index (χ3v) is 2.11. The molecular weight excluding hydrogens is 172 g/mol. The molecule has 0 bridgehead atoms. The van der Waals surface area contributed by atoms with Crippen molar-refractivity contribution in [1.82, 2.24) is 0 Å². The summed E-state index contributed by atoms with van der Waals surface area (Å²) in [6.07, 6.45) is 4.58. The number of aryl methyl sites for hydroxylation is 1. The third-order valence-electron chi connectivity index (χ3n) is 2.11. The molecule has 0 radical (unpaired) electrons. The summed E-state index contributed by atoms with van der Waals surface area (Å²) in [5.74, 6) is 0. The van der Waals surface area contributed by atoms with Gasteiger partial charge in [-0.25, -0.2) is 0 Å². The van der Waals surface area contributed by atoms with E-state index in [9.17, 15) is 4.79 Å². The zero-order valence-corrected chi connectivity index (χ0v) is 8.79. The minimum absolute atomic E-state index is 0.619. The second-order valence-corrected chi connectivity index (χ2v) is 3.61. The first kappa shape index (κ1) is 10.7. The average Bonchev–Trinajstić information content (AvgIpc) is 2.15. The molecule has 0 aromatic heterocycles. The quantitative estimate of drug-likeness (QED) is 0.662. The number of aldehydes is 1.